The Labute approximate surface area is 185 Å². The van der Waals surface area contributed by atoms with Crippen LogP contribution in [-0.4, -0.2) is 32.3 Å². The second-order valence-electron chi connectivity index (χ2n) is 8.58. The number of nitrogens with one attached hydrogen (secondary N) is 1. The van der Waals surface area contributed by atoms with Crippen molar-refractivity contribution in [1.29, 1.82) is 0 Å². The fourth-order valence-corrected chi connectivity index (χ4v) is 5.24. The third-order valence-electron chi connectivity index (χ3n) is 5.87. The van der Waals surface area contributed by atoms with E-state index in [-0.39, 0.29) is 6.42 Å². The van der Waals surface area contributed by atoms with Crippen molar-refractivity contribution in [3.05, 3.63) is 53.6 Å². The van der Waals surface area contributed by atoms with Crippen LogP contribution in [0.5, 0.6) is 0 Å². The Morgan fingerprint density at radius 3 is 2.32 bits per heavy atom. The highest BCUT2D eigenvalue weighted by Crippen LogP contribution is 2.31. The van der Waals surface area contributed by atoms with E-state index in [1.54, 1.807) is 5.48 Å². The lowest BCUT2D eigenvalue weighted by atomic mass is 10.0. The molecular formula is C24H32N2O4S. The van der Waals surface area contributed by atoms with Crippen LogP contribution in [0.25, 0.3) is 11.1 Å². The molecule has 0 saturated carbocycles. The van der Waals surface area contributed by atoms with E-state index in [4.69, 9.17) is 5.21 Å². The maximum Gasteiger partial charge on any atom is 0.243 e. The van der Waals surface area contributed by atoms with Crippen LogP contribution in [0.4, 0.5) is 5.69 Å². The molecule has 0 aromatic heterocycles. The van der Waals surface area contributed by atoms with Gasteiger partial charge in [0.15, 0.2) is 0 Å². The van der Waals surface area contributed by atoms with Gasteiger partial charge in [-0.1, -0.05) is 50.1 Å². The summed E-state index contributed by atoms with van der Waals surface area (Å²) in [5, 5.41) is 8.50. The van der Waals surface area contributed by atoms with Crippen LogP contribution in [0, 0.1) is 5.92 Å². The molecule has 0 saturated heterocycles. The number of benzene rings is 2. The number of carbonyl (C=O) groups is 1. The molecule has 2 aromatic rings. The third kappa shape index (κ3) is 6.31. The van der Waals surface area contributed by atoms with Gasteiger partial charge in [-0.15, -0.1) is 0 Å². The first-order valence-corrected chi connectivity index (χ1v) is 12.8. The van der Waals surface area contributed by atoms with Crippen molar-refractivity contribution >= 4 is 21.6 Å². The van der Waals surface area contributed by atoms with Crippen molar-refractivity contribution < 1.29 is 18.4 Å². The van der Waals surface area contributed by atoms with Gasteiger partial charge in [0.1, 0.15) is 0 Å². The van der Waals surface area contributed by atoms with Gasteiger partial charge in [-0.25, -0.2) is 13.9 Å². The average Bonchev–Trinajstić information content (AvgIpc) is 3.11. The maximum absolute atomic E-state index is 12.3. The molecule has 6 nitrogen and oxygen atoms in total. The molecule has 1 unspecified atom stereocenters. The second-order valence-corrected chi connectivity index (χ2v) is 10.5. The minimum atomic E-state index is -3.38. The molecule has 31 heavy (non-hydrogen) atoms. The molecule has 0 spiro atoms. The smallest absolute Gasteiger partial charge is 0.243 e. The number of nitrogens with zero attached hydrogens (tertiary/aromatic N) is 1. The molecule has 0 radical (unpaired) electrons. The zero-order valence-corrected chi connectivity index (χ0v) is 19.1. The quantitative estimate of drug-likeness (QED) is 0.325. The van der Waals surface area contributed by atoms with Crippen LogP contribution in [0.1, 0.15) is 50.2 Å². The number of amides is 1. The summed E-state index contributed by atoms with van der Waals surface area (Å²) in [5.74, 6) is 0.304. The van der Waals surface area contributed by atoms with E-state index in [9.17, 15) is 13.2 Å². The summed E-state index contributed by atoms with van der Waals surface area (Å²) in [6.07, 6.45) is 6.76. The molecule has 0 aliphatic heterocycles. The lowest BCUT2D eigenvalue weighted by Gasteiger charge is -2.22. The highest BCUT2D eigenvalue weighted by Gasteiger charge is 2.19. The van der Waals surface area contributed by atoms with Gasteiger partial charge < -0.3 is 0 Å². The van der Waals surface area contributed by atoms with Crippen molar-refractivity contribution in [2.45, 2.75) is 51.9 Å². The molecule has 1 aliphatic rings. The number of hydrogen-bond acceptors (Lipinski definition) is 4. The lowest BCUT2D eigenvalue weighted by molar-refractivity contribution is -0.129. The predicted octanol–water partition coefficient (Wildman–Crippen LogP) is 4.31. The fraction of sp³-hybridized carbons (Fsp3) is 0.458. The Morgan fingerprint density at radius 2 is 1.65 bits per heavy atom. The van der Waals surface area contributed by atoms with Crippen LogP contribution in [0.2, 0.25) is 0 Å². The van der Waals surface area contributed by atoms with Crippen LogP contribution in [-0.2, 0) is 27.7 Å². The Hall–Kier alpha value is -2.38. The van der Waals surface area contributed by atoms with Crippen molar-refractivity contribution in [1.82, 2.24) is 5.48 Å². The number of carbonyl (C=O) groups excluding carboxylic acids is 1. The molecule has 2 aromatic carbocycles. The van der Waals surface area contributed by atoms with Gasteiger partial charge in [0.25, 0.3) is 0 Å². The highest BCUT2D eigenvalue weighted by molar-refractivity contribution is 7.92. The zero-order chi connectivity index (χ0) is 22.4. The Balaban J connectivity index is 1.62. The summed E-state index contributed by atoms with van der Waals surface area (Å²) < 4.78 is 26.1. The minimum absolute atomic E-state index is 0.273. The van der Waals surface area contributed by atoms with E-state index in [0.717, 1.165) is 36.8 Å². The summed E-state index contributed by atoms with van der Waals surface area (Å²) >= 11 is 0. The minimum Gasteiger partial charge on any atom is -0.289 e. The summed E-state index contributed by atoms with van der Waals surface area (Å²) in [5.41, 5.74) is 7.39. The highest BCUT2D eigenvalue weighted by atomic mass is 32.2. The number of rotatable bonds is 10. The molecule has 0 heterocycles. The number of fused-ring (bicyclic) bond motifs is 1. The van der Waals surface area contributed by atoms with Gasteiger partial charge in [-0.05, 0) is 66.0 Å². The number of hydroxylamine groups is 1. The number of anilines is 1. The number of hydrogen-bond donors (Lipinski definition) is 2. The first-order valence-electron chi connectivity index (χ1n) is 10.9. The number of unbranched alkanes of at least 4 members (excludes halogenated alkanes) is 3. The van der Waals surface area contributed by atoms with Gasteiger partial charge in [-0.3, -0.25) is 14.3 Å². The molecular weight excluding hydrogens is 412 g/mol. The van der Waals surface area contributed by atoms with Crippen LogP contribution in [0.3, 0.4) is 0 Å². The van der Waals surface area contributed by atoms with Crippen molar-refractivity contribution in [3.63, 3.8) is 0 Å². The topological polar surface area (TPSA) is 86.7 Å². The largest absolute Gasteiger partial charge is 0.289 e. The van der Waals surface area contributed by atoms with Crippen LogP contribution >= 0.6 is 0 Å². The van der Waals surface area contributed by atoms with Crippen molar-refractivity contribution in [3.8, 4) is 11.1 Å². The first kappa shape index (κ1) is 23.3. The molecule has 2 N–H and O–H groups in total. The van der Waals surface area contributed by atoms with Gasteiger partial charge >= 0.3 is 0 Å². The monoisotopic (exact) mass is 444 g/mol. The molecule has 7 heteroatoms. The second kappa shape index (κ2) is 10.3. The molecule has 1 aliphatic carbocycles. The number of sulfonamides is 1. The van der Waals surface area contributed by atoms with Crippen molar-refractivity contribution in [2.24, 2.45) is 5.92 Å². The molecule has 3 rings (SSSR count). The van der Waals surface area contributed by atoms with E-state index in [1.807, 2.05) is 24.3 Å². The maximum atomic E-state index is 12.3. The van der Waals surface area contributed by atoms with E-state index >= 15 is 0 Å². The standard InChI is InChI=1S/C24H32N2O4S/c1-18-15-20-8-9-21(17-22(20)16-18)19-10-12-23(13-11-19)26(31(2,29)30)14-6-4-3-5-7-24(27)25-28/h8-13,17-18,28H,3-7,14-16H2,1-2H3,(H,25,27). The van der Waals surface area contributed by atoms with E-state index < -0.39 is 15.9 Å². The molecule has 1 atom stereocenters. The summed E-state index contributed by atoms with van der Waals surface area (Å²) in [4.78, 5) is 11.0. The Bertz CT molecular complexity index is 1000. The Morgan fingerprint density at radius 1 is 1.00 bits per heavy atom. The lowest BCUT2D eigenvalue weighted by Crippen LogP contribution is -2.30. The molecule has 1 amide bonds. The van der Waals surface area contributed by atoms with Gasteiger partial charge in [0.05, 0.1) is 11.9 Å². The Kier molecular flexibility index (Phi) is 7.73. The van der Waals surface area contributed by atoms with Crippen LogP contribution < -0.4 is 9.79 Å². The van der Waals surface area contributed by atoms with Crippen LogP contribution in [0.15, 0.2) is 42.5 Å². The molecule has 168 valence electrons. The summed E-state index contributed by atoms with van der Waals surface area (Å²) in [7, 11) is -3.38. The van der Waals surface area contributed by atoms with E-state index in [2.05, 4.69) is 25.1 Å². The predicted molar refractivity (Wildman–Crippen MR) is 124 cm³/mol. The average molecular weight is 445 g/mol. The van der Waals surface area contributed by atoms with E-state index in [1.165, 1.54) is 21.7 Å². The normalized spacial score (nSPS) is 15.5. The fourth-order valence-electron chi connectivity index (χ4n) is 4.27. The van der Waals surface area contributed by atoms with Gasteiger partial charge in [-0.2, -0.15) is 0 Å². The first-order chi connectivity index (χ1) is 14.8. The van der Waals surface area contributed by atoms with E-state index in [0.29, 0.717) is 31.0 Å². The molecule has 0 bridgehead atoms. The molecule has 0 fully saturated rings. The van der Waals surface area contributed by atoms with Gasteiger partial charge in [0.2, 0.25) is 15.9 Å². The van der Waals surface area contributed by atoms with Crippen molar-refractivity contribution in [2.75, 3.05) is 17.1 Å². The SMILES string of the molecule is CC1Cc2ccc(-c3ccc(N(CCCCCCC(=O)NO)S(C)(=O)=O)cc3)cc2C1. The zero-order valence-electron chi connectivity index (χ0n) is 18.3. The third-order valence-corrected chi connectivity index (χ3v) is 7.07. The summed E-state index contributed by atoms with van der Waals surface area (Å²) in [6, 6.07) is 14.4. The summed E-state index contributed by atoms with van der Waals surface area (Å²) in [6.45, 7) is 2.68. The van der Waals surface area contributed by atoms with Gasteiger partial charge in [0, 0.05) is 13.0 Å².